The molecule has 8 aromatic rings. The Morgan fingerprint density at radius 1 is 0.558 bits per heavy atom. The van der Waals surface area contributed by atoms with Crippen molar-refractivity contribution in [1.82, 2.24) is 34.9 Å². The fourth-order valence-corrected chi connectivity index (χ4v) is 5.62. The van der Waals surface area contributed by atoms with Crippen molar-refractivity contribution in [3.8, 4) is 51.5 Å². The van der Waals surface area contributed by atoms with E-state index in [1.807, 2.05) is 117 Å². The Hall–Kier alpha value is -5.10. The molecule has 0 amide bonds. The predicted molar refractivity (Wildman–Crippen MR) is 190 cm³/mol. The van der Waals surface area contributed by atoms with Gasteiger partial charge >= 0.3 is 42.1 Å². The van der Waals surface area contributed by atoms with Crippen LogP contribution in [0.2, 0.25) is 0 Å². The van der Waals surface area contributed by atoms with E-state index in [-0.39, 0.29) is 54.0 Å². The zero-order chi connectivity index (χ0) is 34.2. The van der Waals surface area contributed by atoms with Gasteiger partial charge in [-0.15, -0.1) is 92.2 Å². The second-order valence-corrected chi connectivity index (χ2v) is 12.2. The Kier molecular flexibility index (Phi) is 11.0. The molecule has 0 aliphatic heterocycles. The van der Waals surface area contributed by atoms with Crippen molar-refractivity contribution in [3.63, 3.8) is 0 Å². The molecule has 0 aliphatic rings. The number of pyridine rings is 2. The molecule has 0 saturated heterocycles. The molecule has 260 valence electrons. The van der Waals surface area contributed by atoms with Gasteiger partial charge in [0.2, 0.25) is 0 Å². The molecule has 0 unspecified atom stereocenters. The SMILES string of the molecule is Cc1ccnc(-c2[c-]c(Oc3[c-]c4c(cc3)c3ccc(Oc5[c-]c(-c6cc(C)ccn6)ccc5)[c-]c3n4-c3nnc(C(C)C)nn3)ccc2)c1.[Pt+2].[Pt+2]. The van der Waals surface area contributed by atoms with Crippen LogP contribution in [0, 0.1) is 38.1 Å². The summed E-state index contributed by atoms with van der Waals surface area (Å²) in [7, 11) is 0. The van der Waals surface area contributed by atoms with Gasteiger partial charge < -0.3 is 24.0 Å². The number of aryl methyl sites for hydroxylation is 2. The maximum atomic E-state index is 6.31. The third kappa shape index (κ3) is 7.57. The number of rotatable bonds is 8. The number of hydrogen-bond donors (Lipinski definition) is 0. The summed E-state index contributed by atoms with van der Waals surface area (Å²) in [5.41, 5.74) is 6.87. The van der Waals surface area contributed by atoms with Crippen LogP contribution in [-0.2, 0) is 42.1 Å². The molecule has 0 fully saturated rings. The largest absolute Gasteiger partial charge is 2.00 e. The van der Waals surface area contributed by atoms with Gasteiger partial charge in [0.15, 0.2) is 5.82 Å². The maximum absolute atomic E-state index is 6.31. The molecule has 9 nitrogen and oxygen atoms in total. The first-order chi connectivity index (χ1) is 24.4. The molecule has 4 aromatic heterocycles. The minimum Gasteiger partial charge on any atom is -0.503 e. The van der Waals surface area contributed by atoms with Crippen LogP contribution in [0.3, 0.4) is 0 Å². The van der Waals surface area contributed by atoms with Crippen molar-refractivity contribution < 1.29 is 51.6 Å². The molecule has 4 aromatic carbocycles. The molecule has 0 atom stereocenters. The van der Waals surface area contributed by atoms with E-state index in [0.717, 1.165) is 44.4 Å². The Morgan fingerprint density at radius 2 is 1.02 bits per heavy atom. The van der Waals surface area contributed by atoms with Crippen LogP contribution >= 0.6 is 0 Å². The van der Waals surface area contributed by atoms with Crippen LogP contribution < -0.4 is 9.47 Å². The average molecular weight is 1040 g/mol. The second kappa shape index (κ2) is 15.6. The Labute approximate surface area is 330 Å². The van der Waals surface area contributed by atoms with Crippen molar-refractivity contribution in [2.75, 3.05) is 0 Å². The maximum Gasteiger partial charge on any atom is 2.00 e. The number of ether oxygens (including phenoxy) is 2. The smallest absolute Gasteiger partial charge is 0.503 e. The van der Waals surface area contributed by atoms with Gasteiger partial charge in [0.25, 0.3) is 5.95 Å². The minimum atomic E-state index is 0. The van der Waals surface area contributed by atoms with E-state index in [4.69, 9.17) is 9.47 Å². The number of benzene rings is 4. The zero-order valence-electron chi connectivity index (χ0n) is 28.4. The molecular formula is C41H29N7O2Pt2. The number of aromatic nitrogens is 7. The summed E-state index contributed by atoms with van der Waals surface area (Å²) < 4.78 is 14.4. The van der Waals surface area contributed by atoms with E-state index < -0.39 is 0 Å². The van der Waals surface area contributed by atoms with E-state index >= 15 is 0 Å². The first kappa shape index (κ1) is 36.7. The quantitative estimate of drug-likeness (QED) is 0.139. The Morgan fingerprint density at radius 3 is 1.46 bits per heavy atom. The van der Waals surface area contributed by atoms with Crippen molar-refractivity contribution in [1.29, 1.82) is 0 Å². The molecule has 52 heavy (non-hydrogen) atoms. The second-order valence-electron chi connectivity index (χ2n) is 12.2. The summed E-state index contributed by atoms with van der Waals surface area (Å²) in [6.45, 7) is 8.06. The molecule has 0 aliphatic carbocycles. The number of hydrogen-bond acceptors (Lipinski definition) is 8. The van der Waals surface area contributed by atoms with Gasteiger partial charge in [-0.2, -0.15) is 22.9 Å². The Balaban J connectivity index is 0.00000232. The molecule has 0 N–H and O–H groups in total. The van der Waals surface area contributed by atoms with Crippen LogP contribution in [0.1, 0.15) is 36.7 Å². The summed E-state index contributed by atoms with van der Waals surface area (Å²) in [6, 6.07) is 40.7. The molecule has 0 radical (unpaired) electrons. The summed E-state index contributed by atoms with van der Waals surface area (Å²) in [5.74, 6) is 2.93. The summed E-state index contributed by atoms with van der Waals surface area (Å²) >= 11 is 0. The van der Waals surface area contributed by atoms with Gasteiger partial charge in [0, 0.05) is 41.3 Å². The molecule has 4 heterocycles. The minimum absolute atomic E-state index is 0. The summed E-state index contributed by atoms with van der Waals surface area (Å²) in [5, 5.41) is 19.4. The Bertz CT molecular complexity index is 2370. The predicted octanol–water partition coefficient (Wildman–Crippen LogP) is 9.01. The number of nitrogens with zero attached hydrogens (tertiary/aromatic N) is 7. The van der Waals surface area contributed by atoms with Crippen molar-refractivity contribution >= 4 is 21.8 Å². The fourth-order valence-electron chi connectivity index (χ4n) is 5.62. The van der Waals surface area contributed by atoms with Crippen LogP contribution in [0.15, 0.2) is 97.3 Å². The fraction of sp³-hybridized carbons (Fsp3) is 0.122. The summed E-state index contributed by atoms with van der Waals surface area (Å²) in [6.07, 6.45) is 3.58. The van der Waals surface area contributed by atoms with Crippen LogP contribution in [-0.4, -0.2) is 34.9 Å². The third-order valence-electron chi connectivity index (χ3n) is 8.09. The molecule has 11 heteroatoms. The molecule has 0 bridgehead atoms. The van der Waals surface area contributed by atoms with Crippen molar-refractivity contribution in [2.24, 2.45) is 0 Å². The van der Waals surface area contributed by atoms with Gasteiger partial charge in [0.05, 0.1) is 0 Å². The first-order valence-electron chi connectivity index (χ1n) is 16.1. The van der Waals surface area contributed by atoms with E-state index in [9.17, 15) is 0 Å². The van der Waals surface area contributed by atoms with Gasteiger partial charge in [-0.05, 0) is 37.4 Å². The average Bonchev–Trinajstić information content (AvgIpc) is 3.44. The van der Waals surface area contributed by atoms with E-state index in [0.29, 0.717) is 39.9 Å². The van der Waals surface area contributed by atoms with E-state index in [2.05, 4.69) is 54.6 Å². The monoisotopic (exact) mass is 1040 g/mol. The van der Waals surface area contributed by atoms with Crippen molar-refractivity contribution in [2.45, 2.75) is 33.6 Å². The summed E-state index contributed by atoms with van der Waals surface area (Å²) in [4.78, 5) is 9.00. The third-order valence-corrected chi connectivity index (χ3v) is 8.09. The standard InChI is InChI=1S/C41H29N7O2.2Pt/c1-25(2)40-44-46-41(47-45-40)48-38-23-32(49-30-9-5-7-28(21-30)36-19-26(3)15-17-42-36)11-13-34(38)35-14-12-33(24-39(35)48)50-31-10-6-8-29(22-31)37-20-27(4)16-18-43-37;;/h5-20,25H,1-4H3;;/q-4;2*+2. The zero-order valence-corrected chi connectivity index (χ0v) is 32.9. The van der Waals surface area contributed by atoms with Crippen LogP contribution in [0.5, 0.6) is 23.0 Å². The van der Waals surface area contributed by atoms with Crippen LogP contribution in [0.25, 0.3) is 50.3 Å². The van der Waals surface area contributed by atoms with Gasteiger partial charge in [-0.3, -0.25) is 0 Å². The van der Waals surface area contributed by atoms with E-state index in [1.54, 1.807) is 12.4 Å². The normalized spacial score (nSPS) is 10.9. The topological polar surface area (TPSA) is 101 Å². The number of fused-ring (bicyclic) bond motifs is 3. The molecule has 0 saturated carbocycles. The first-order valence-corrected chi connectivity index (χ1v) is 16.1. The van der Waals surface area contributed by atoms with Gasteiger partial charge in [-0.25, -0.2) is 0 Å². The molecular weight excluding hydrogens is 1010 g/mol. The van der Waals surface area contributed by atoms with Gasteiger partial charge in [0.1, 0.15) is 0 Å². The molecule has 8 rings (SSSR count). The molecule has 0 spiro atoms. The van der Waals surface area contributed by atoms with Gasteiger partial charge in [-0.1, -0.05) is 60.3 Å². The van der Waals surface area contributed by atoms with E-state index in [1.165, 1.54) is 0 Å². The van der Waals surface area contributed by atoms with Crippen LogP contribution in [0.4, 0.5) is 0 Å². The van der Waals surface area contributed by atoms with Crippen molar-refractivity contribution in [3.05, 3.63) is 139 Å².